The van der Waals surface area contributed by atoms with E-state index in [0.717, 1.165) is 16.7 Å². The summed E-state index contributed by atoms with van der Waals surface area (Å²) in [5.41, 5.74) is 2.94. The summed E-state index contributed by atoms with van der Waals surface area (Å²) >= 11 is 0. The second-order valence-electron chi connectivity index (χ2n) is 3.91. The first kappa shape index (κ1) is 12.1. The van der Waals surface area contributed by atoms with Gasteiger partial charge in [0.2, 0.25) is 0 Å². The van der Waals surface area contributed by atoms with Gasteiger partial charge in [-0.15, -0.1) is 0 Å². The molecule has 1 heterocycles. The minimum absolute atomic E-state index is 0.151. The fourth-order valence-electron chi connectivity index (χ4n) is 1.81. The van der Waals surface area contributed by atoms with E-state index in [1.807, 2.05) is 19.1 Å². The maximum absolute atomic E-state index is 11.2. The number of aromatic nitrogens is 1. The van der Waals surface area contributed by atoms with Crippen LogP contribution in [0.1, 0.15) is 15.9 Å². The number of ether oxygens (including phenoxy) is 1. The van der Waals surface area contributed by atoms with E-state index in [9.17, 15) is 4.79 Å². The lowest BCUT2D eigenvalue weighted by Crippen LogP contribution is -2.01. The molecule has 0 aliphatic rings. The molecule has 4 nitrogen and oxygen atoms in total. The predicted octanol–water partition coefficient (Wildman–Crippen LogP) is 2.76. The topological polar surface area (TPSA) is 59.4 Å². The van der Waals surface area contributed by atoms with Gasteiger partial charge in [0.05, 0.1) is 7.11 Å². The number of pyridine rings is 1. The Morgan fingerprint density at radius 1 is 1.33 bits per heavy atom. The number of hydrogen-bond acceptors (Lipinski definition) is 3. The Hall–Kier alpha value is -2.36. The summed E-state index contributed by atoms with van der Waals surface area (Å²) in [6.07, 6.45) is 3.43. The first-order valence-corrected chi connectivity index (χ1v) is 5.46. The number of carboxylic acids is 1. The quantitative estimate of drug-likeness (QED) is 0.900. The predicted molar refractivity (Wildman–Crippen MR) is 67.9 cm³/mol. The van der Waals surface area contributed by atoms with Gasteiger partial charge in [-0.3, -0.25) is 4.98 Å². The third-order valence-electron chi connectivity index (χ3n) is 2.78. The lowest BCUT2D eigenvalue weighted by molar-refractivity contribution is 0.0693. The maximum atomic E-state index is 11.2. The smallest absolute Gasteiger partial charge is 0.339 e. The molecule has 18 heavy (non-hydrogen) atoms. The molecule has 1 aromatic carbocycles. The normalized spacial score (nSPS) is 10.1. The molecule has 4 heteroatoms. The van der Waals surface area contributed by atoms with Crippen LogP contribution < -0.4 is 4.74 Å². The summed E-state index contributed by atoms with van der Waals surface area (Å²) in [4.78, 5) is 15.2. The van der Waals surface area contributed by atoms with Gasteiger partial charge in [0.1, 0.15) is 11.3 Å². The zero-order valence-corrected chi connectivity index (χ0v) is 10.2. The van der Waals surface area contributed by atoms with Gasteiger partial charge in [0.15, 0.2) is 0 Å². The molecular weight excluding hydrogens is 230 g/mol. The Bertz CT molecular complexity index is 593. The van der Waals surface area contributed by atoms with Gasteiger partial charge in [-0.05, 0) is 36.2 Å². The van der Waals surface area contributed by atoms with Crippen molar-refractivity contribution in [2.45, 2.75) is 6.92 Å². The Balaban J connectivity index is 2.57. The number of methoxy groups -OCH3 is 1. The van der Waals surface area contributed by atoms with E-state index in [1.54, 1.807) is 24.5 Å². The fraction of sp³-hybridized carbons (Fsp3) is 0.143. The molecule has 0 saturated carbocycles. The van der Waals surface area contributed by atoms with Crippen LogP contribution in [0.15, 0.2) is 36.7 Å². The zero-order chi connectivity index (χ0) is 13.1. The van der Waals surface area contributed by atoms with Crippen molar-refractivity contribution in [1.82, 2.24) is 4.98 Å². The van der Waals surface area contributed by atoms with Crippen molar-refractivity contribution in [3.05, 3.63) is 47.8 Å². The van der Waals surface area contributed by atoms with Crippen molar-refractivity contribution in [3.63, 3.8) is 0 Å². The number of carboxylic acid groups (broad SMARTS) is 1. The van der Waals surface area contributed by atoms with Gasteiger partial charge in [-0.1, -0.05) is 6.07 Å². The molecule has 2 aromatic rings. The summed E-state index contributed by atoms with van der Waals surface area (Å²) in [7, 11) is 1.46. The molecule has 1 aromatic heterocycles. The van der Waals surface area contributed by atoms with Crippen LogP contribution in [-0.4, -0.2) is 23.2 Å². The van der Waals surface area contributed by atoms with Crippen molar-refractivity contribution in [2.75, 3.05) is 7.11 Å². The molecule has 0 amide bonds. The van der Waals surface area contributed by atoms with E-state index in [0.29, 0.717) is 5.75 Å². The molecule has 2 rings (SSSR count). The average molecular weight is 243 g/mol. The van der Waals surface area contributed by atoms with Gasteiger partial charge in [0, 0.05) is 18.0 Å². The summed E-state index contributed by atoms with van der Waals surface area (Å²) in [5, 5.41) is 9.14. The fourth-order valence-corrected chi connectivity index (χ4v) is 1.81. The average Bonchev–Trinajstić information content (AvgIpc) is 2.38. The molecule has 92 valence electrons. The monoisotopic (exact) mass is 243 g/mol. The van der Waals surface area contributed by atoms with Crippen LogP contribution in [-0.2, 0) is 0 Å². The molecule has 1 N–H and O–H groups in total. The van der Waals surface area contributed by atoms with E-state index in [2.05, 4.69) is 4.98 Å². The lowest BCUT2D eigenvalue weighted by Gasteiger charge is -2.09. The molecular formula is C14H13NO3. The Labute approximate surface area is 105 Å². The van der Waals surface area contributed by atoms with Gasteiger partial charge >= 0.3 is 5.97 Å². The Morgan fingerprint density at radius 3 is 2.72 bits per heavy atom. The number of nitrogens with zero attached hydrogens (tertiary/aromatic N) is 1. The summed E-state index contributed by atoms with van der Waals surface area (Å²) < 4.78 is 5.03. The standard InChI is InChI=1S/C14H13NO3/c1-9-5-6-15-8-12(9)10-3-4-13(18-2)11(7-10)14(16)17/h3-8H,1-2H3,(H,16,17). The third kappa shape index (κ3) is 2.18. The van der Waals surface area contributed by atoms with Crippen LogP contribution in [0.5, 0.6) is 5.75 Å². The van der Waals surface area contributed by atoms with Gasteiger partial charge in [0.25, 0.3) is 0 Å². The molecule has 0 fully saturated rings. The maximum Gasteiger partial charge on any atom is 0.339 e. The van der Waals surface area contributed by atoms with Crippen LogP contribution in [0.2, 0.25) is 0 Å². The van der Waals surface area contributed by atoms with E-state index in [4.69, 9.17) is 9.84 Å². The molecule has 0 saturated heterocycles. The highest BCUT2D eigenvalue weighted by molar-refractivity contribution is 5.92. The van der Waals surface area contributed by atoms with Crippen molar-refractivity contribution < 1.29 is 14.6 Å². The summed E-state index contributed by atoms with van der Waals surface area (Å²) in [5.74, 6) is -0.650. The number of benzene rings is 1. The van der Waals surface area contributed by atoms with E-state index in [1.165, 1.54) is 7.11 Å². The highest BCUT2D eigenvalue weighted by atomic mass is 16.5. The highest BCUT2D eigenvalue weighted by Crippen LogP contribution is 2.28. The molecule has 0 spiro atoms. The van der Waals surface area contributed by atoms with Gasteiger partial charge in [-0.2, -0.15) is 0 Å². The molecule has 0 aliphatic heterocycles. The first-order valence-electron chi connectivity index (χ1n) is 5.46. The second kappa shape index (κ2) is 4.87. The van der Waals surface area contributed by atoms with E-state index < -0.39 is 5.97 Å². The van der Waals surface area contributed by atoms with E-state index >= 15 is 0 Å². The summed E-state index contributed by atoms with van der Waals surface area (Å²) in [6.45, 7) is 1.96. The SMILES string of the molecule is COc1ccc(-c2cnccc2C)cc1C(=O)O. The second-order valence-corrected chi connectivity index (χ2v) is 3.91. The van der Waals surface area contributed by atoms with Crippen LogP contribution in [0, 0.1) is 6.92 Å². The van der Waals surface area contributed by atoms with Crippen LogP contribution in [0.4, 0.5) is 0 Å². The zero-order valence-electron chi connectivity index (χ0n) is 10.2. The van der Waals surface area contributed by atoms with Crippen molar-refractivity contribution >= 4 is 5.97 Å². The Kier molecular flexibility index (Phi) is 3.28. The molecule has 0 radical (unpaired) electrons. The van der Waals surface area contributed by atoms with Crippen LogP contribution in [0.3, 0.4) is 0 Å². The lowest BCUT2D eigenvalue weighted by atomic mass is 10.0. The van der Waals surface area contributed by atoms with Crippen LogP contribution in [0.25, 0.3) is 11.1 Å². The van der Waals surface area contributed by atoms with Crippen LogP contribution >= 0.6 is 0 Å². The number of carbonyl (C=O) groups is 1. The molecule has 0 unspecified atom stereocenters. The van der Waals surface area contributed by atoms with Crippen molar-refractivity contribution in [2.24, 2.45) is 0 Å². The number of aryl methyl sites for hydroxylation is 1. The van der Waals surface area contributed by atoms with Crippen molar-refractivity contribution in [1.29, 1.82) is 0 Å². The summed E-state index contributed by atoms with van der Waals surface area (Å²) in [6, 6.07) is 6.98. The third-order valence-corrected chi connectivity index (χ3v) is 2.78. The van der Waals surface area contributed by atoms with Gasteiger partial charge < -0.3 is 9.84 Å². The number of rotatable bonds is 3. The highest BCUT2D eigenvalue weighted by Gasteiger charge is 2.13. The number of aromatic carboxylic acids is 1. The first-order chi connectivity index (χ1) is 8.63. The minimum Gasteiger partial charge on any atom is -0.496 e. The minimum atomic E-state index is -1.00. The number of hydrogen-bond donors (Lipinski definition) is 1. The largest absolute Gasteiger partial charge is 0.496 e. The van der Waals surface area contributed by atoms with Crippen molar-refractivity contribution in [3.8, 4) is 16.9 Å². The molecule has 0 atom stereocenters. The van der Waals surface area contributed by atoms with E-state index in [-0.39, 0.29) is 5.56 Å². The Morgan fingerprint density at radius 2 is 2.11 bits per heavy atom. The van der Waals surface area contributed by atoms with Gasteiger partial charge in [-0.25, -0.2) is 4.79 Å². The molecule has 0 bridgehead atoms. The molecule has 0 aliphatic carbocycles.